The van der Waals surface area contributed by atoms with Crippen LogP contribution in [0.5, 0.6) is 0 Å². The van der Waals surface area contributed by atoms with E-state index in [1.807, 2.05) is 25.2 Å². The molecule has 1 N–H and O–H groups in total. The Morgan fingerprint density at radius 3 is 2.52 bits per heavy atom. The Morgan fingerprint density at radius 2 is 1.87 bits per heavy atom. The summed E-state index contributed by atoms with van der Waals surface area (Å²) in [7, 11) is 0. The first-order valence-corrected chi connectivity index (χ1v) is 8.75. The average Bonchev–Trinajstić information content (AvgIpc) is 2.46. The molecule has 3 nitrogen and oxygen atoms in total. The van der Waals surface area contributed by atoms with Gasteiger partial charge in [0, 0.05) is 5.57 Å². The second-order valence-corrected chi connectivity index (χ2v) is 7.55. The normalized spacial score (nSPS) is 36.7. The zero-order valence-corrected chi connectivity index (χ0v) is 14.9. The summed E-state index contributed by atoms with van der Waals surface area (Å²) >= 11 is 0. The smallest absolute Gasteiger partial charge is 0.334 e. The van der Waals surface area contributed by atoms with Gasteiger partial charge in [-0.15, -0.1) is 0 Å². The monoisotopic (exact) mass is 318 g/mol. The summed E-state index contributed by atoms with van der Waals surface area (Å²) in [5.74, 6) is -0.0250. The van der Waals surface area contributed by atoms with Crippen molar-refractivity contribution in [2.75, 3.05) is 0 Å². The summed E-state index contributed by atoms with van der Waals surface area (Å²) in [4.78, 5) is 12.4. The standard InChI is InChI=1S/C20H30O3/c1-15(2)20-12-10-17(18(21)23-20)9-5-7-16(3)8-6-11-19(4,22)13-14-20/h8-9,13-15,22H,5-7,10-12H2,1-4H3/b14-13-,16-8?,17-9-/t19-,20-/m0/s1. The Labute approximate surface area is 140 Å². The van der Waals surface area contributed by atoms with Crippen molar-refractivity contribution in [3.05, 3.63) is 35.5 Å². The largest absolute Gasteiger partial charge is 0.451 e. The molecule has 128 valence electrons. The first kappa shape index (κ1) is 18.0. The highest BCUT2D eigenvalue weighted by Crippen LogP contribution is 2.37. The molecule has 23 heavy (non-hydrogen) atoms. The molecule has 3 heteroatoms. The molecule has 0 radical (unpaired) electrons. The van der Waals surface area contributed by atoms with Gasteiger partial charge in [0.1, 0.15) is 5.60 Å². The number of esters is 1. The molecule has 2 aliphatic heterocycles. The number of hydrogen-bond donors (Lipinski definition) is 1. The molecule has 2 bridgehead atoms. The second kappa shape index (κ2) is 7.04. The van der Waals surface area contributed by atoms with E-state index in [0.717, 1.165) is 37.7 Å². The van der Waals surface area contributed by atoms with Crippen LogP contribution in [0.15, 0.2) is 35.5 Å². The number of allylic oxidation sites excluding steroid dienone is 3. The number of ether oxygens (including phenoxy) is 1. The lowest BCUT2D eigenvalue weighted by Crippen LogP contribution is -2.43. The summed E-state index contributed by atoms with van der Waals surface area (Å²) < 4.78 is 5.84. The van der Waals surface area contributed by atoms with Crippen LogP contribution in [0.2, 0.25) is 0 Å². The van der Waals surface area contributed by atoms with Crippen molar-refractivity contribution in [3.63, 3.8) is 0 Å². The zero-order chi connectivity index (χ0) is 17.1. The van der Waals surface area contributed by atoms with E-state index in [9.17, 15) is 9.90 Å². The Balaban J connectivity index is 2.35. The van der Waals surface area contributed by atoms with E-state index in [-0.39, 0.29) is 11.9 Å². The minimum Gasteiger partial charge on any atom is -0.451 e. The highest BCUT2D eigenvalue weighted by atomic mass is 16.6. The number of hydrogen-bond acceptors (Lipinski definition) is 3. The van der Waals surface area contributed by atoms with E-state index in [2.05, 4.69) is 26.8 Å². The Morgan fingerprint density at radius 1 is 1.13 bits per heavy atom. The third-order valence-corrected chi connectivity index (χ3v) is 5.10. The van der Waals surface area contributed by atoms with Gasteiger partial charge in [0.25, 0.3) is 0 Å². The summed E-state index contributed by atoms with van der Waals surface area (Å²) in [6, 6.07) is 0. The van der Waals surface area contributed by atoms with Gasteiger partial charge in [-0.1, -0.05) is 37.6 Å². The maximum atomic E-state index is 12.4. The molecule has 0 aromatic carbocycles. The van der Waals surface area contributed by atoms with Gasteiger partial charge in [0.05, 0.1) is 5.60 Å². The quantitative estimate of drug-likeness (QED) is 0.573. The van der Waals surface area contributed by atoms with Gasteiger partial charge < -0.3 is 9.84 Å². The molecule has 2 heterocycles. The third kappa shape index (κ3) is 4.57. The molecular weight excluding hydrogens is 288 g/mol. The fourth-order valence-electron chi connectivity index (χ4n) is 3.21. The van der Waals surface area contributed by atoms with Crippen LogP contribution < -0.4 is 0 Å². The van der Waals surface area contributed by atoms with Crippen molar-refractivity contribution in [3.8, 4) is 0 Å². The van der Waals surface area contributed by atoms with Crippen LogP contribution in [0.25, 0.3) is 0 Å². The fraction of sp³-hybridized carbons (Fsp3) is 0.650. The summed E-state index contributed by atoms with van der Waals surface area (Å²) in [5.41, 5.74) is 0.616. The highest BCUT2D eigenvalue weighted by Gasteiger charge is 2.40. The molecular formula is C20H30O3. The van der Waals surface area contributed by atoms with Gasteiger partial charge in [-0.25, -0.2) is 4.79 Å². The molecule has 3 rings (SSSR count). The van der Waals surface area contributed by atoms with E-state index in [4.69, 9.17) is 4.74 Å². The van der Waals surface area contributed by atoms with Crippen molar-refractivity contribution >= 4 is 5.97 Å². The lowest BCUT2D eigenvalue weighted by atomic mass is 9.80. The molecule has 1 fully saturated rings. The third-order valence-electron chi connectivity index (χ3n) is 5.10. The van der Waals surface area contributed by atoms with Gasteiger partial charge in [-0.3, -0.25) is 0 Å². The zero-order valence-electron chi connectivity index (χ0n) is 14.9. The number of rotatable bonds is 1. The van der Waals surface area contributed by atoms with Crippen LogP contribution in [0.3, 0.4) is 0 Å². The predicted molar refractivity (Wildman–Crippen MR) is 93.0 cm³/mol. The molecule has 1 aliphatic carbocycles. The highest BCUT2D eigenvalue weighted by molar-refractivity contribution is 5.89. The summed E-state index contributed by atoms with van der Waals surface area (Å²) in [5, 5.41) is 10.6. The molecule has 0 aromatic heterocycles. The van der Waals surface area contributed by atoms with Crippen molar-refractivity contribution < 1.29 is 14.6 Å². The molecule has 0 saturated carbocycles. The van der Waals surface area contributed by atoms with Crippen molar-refractivity contribution in [1.82, 2.24) is 0 Å². The van der Waals surface area contributed by atoms with E-state index in [1.165, 1.54) is 5.57 Å². The van der Waals surface area contributed by atoms with Gasteiger partial charge >= 0.3 is 5.97 Å². The Hall–Kier alpha value is -1.35. The lowest BCUT2D eigenvalue weighted by molar-refractivity contribution is -0.159. The molecule has 0 amide bonds. The summed E-state index contributed by atoms with van der Waals surface area (Å²) in [6.45, 7) is 8.06. The van der Waals surface area contributed by atoms with Gasteiger partial charge in [0.2, 0.25) is 0 Å². The number of carbonyl (C=O) groups excluding carboxylic acids is 1. The SMILES string of the molecule is CC1=CCC[C@](C)(O)/C=C\[C@]2(C(C)C)CC/C(=C/CC1)C(=O)O2. The summed E-state index contributed by atoms with van der Waals surface area (Å²) in [6.07, 6.45) is 12.8. The molecule has 2 atom stereocenters. The van der Waals surface area contributed by atoms with E-state index >= 15 is 0 Å². The van der Waals surface area contributed by atoms with Crippen molar-refractivity contribution in [1.29, 1.82) is 0 Å². The molecule has 3 aliphatic rings. The predicted octanol–water partition coefficient (Wildman–Crippen LogP) is 4.47. The number of fused-ring (bicyclic) bond motifs is 9. The molecule has 0 aromatic rings. The van der Waals surface area contributed by atoms with Crippen LogP contribution in [-0.4, -0.2) is 22.3 Å². The topological polar surface area (TPSA) is 46.5 Å². The van der Waals surface area contributed by atoms with Crippen LogP contribution in [-0.2, 0) is 9.53 Å². The first-order valence-electron chi connectivity index (χ1n) is 8.75. The molecule has 1 saturated heterocycles. The number of carbonyl (C=O) groups is 1. The molecule has 0 unspecified atom stereocenters. The van der Waals surface area contributed by atoms with Crippen LogP contribution in [0.4, 0.5) is 0 Å². The maximum Gasteiger partial charge on any atom is 0.334 e. The fourth-order valence-corrected chi connectivity index (χ4v) is 3.21. The van der Waals surface area contributed by atoms with Crippen LogP contribution >= 0.6 is 0 Å². The lowest BCUT2D eigenvalue weighted by Gasteiger charge is -2.39. The number of aliphatic hydroxyl groups is 1. The van der Waals surface area contributed by atoms with Gasteiger partial charge in [0.15, 0.2) is 0 Å². The van der Waals surface area contributed by atoms with Crippen LogP contribution in [0, 0.1) is 5.92 Å². The van der Waals surface area contributed by atoms with E-state index < -0.39 is 11.2 Å². The van der Waals surface area contributed by atoms with Gasteiger partial charge in [-0.2, -0.15) is 0 Å². The second-order valence-electron chi connectivity index (χ2n) is 7.55. The Kier molecular flexibility index (Phi) is 5.51. The van der Waals surface area contributed by atoms with E-state index in [1.54, 1.807) is 0 Å². The molecule has 0 spiro atoms. The van der Waals surface area contributed by atoms with Crippen LogP contribution in [0.1, 0.15) is 66.2 Å². The van der Waals surface area contributed by atoms with E-state index in [0.29, 0.717) is 6.42 Å². The minimum atomic E-state index is -0.884. The van der Waals surface area contributed by atoms with Crippen molar-refractivity contribution in [2.45, 2.75) is 77.4 Å². The Bertz CT molecular complexity index is 537. The van der Waals surface area contributed by atoms with Gasteiger partial charge in [-0.05, 0) is 64.4 Å². The minimum absolute atomic E-state index is 0.176. The average molecular weight is 318 g/mol. The maximum absolute atomic E-state index is 12.4. The first-order chi connectivity index (χ1) is 10.7. The van der Waals surface area contributed by atoms with Crippen molar-refractivity contribution in [2.24, 2.45) is 5.92 Å².